The van der Waals surface area contributed by atoms with Crippen LogP contribution in [0.2, 0.25) is 0 Å². The maximum Gasteiger partial charge on any atom is 0.306 e. The van der Waals surface area contributed by atoms with E-state index in [4.69, 9.17) is 5.11 Å². The zero-order valence-electron chi connectivity index (χ0n) is 8.78. The molecule has 80 valence electrons. The van der Waals surface area contributed by atoms with Gasteiger partial charge in [-0.2, -0.15) is 0 Å². The number of nitrogens with zero attached hydrogens (tertiary/aromatic N) is 1. The molecule has 1 heterocycles. The van der Waals surface area contributed by atoms with Crippen LogP contribution in [-0.2, 0) is 4.79 Å². The normalized spacial score (nSPS) is 38.2. The molecule has 0 amide bonds. The van der Waals surface area contributed by atoms with E-state index in [0.29, 0.717) is 12.0 Å². The molecule has 0 aromatic carbocycles. The van der Waals surface area contributed by atoms with Gasteiger partial charge in [0.25, 0.3) is 0 Å². The number of hydrogen-bond acceptors (Lipinski definition) is 2. The van der Waals surface area contributed by atoms with E-state index in [-0.39, 0.29) is 5.92 Å². The molecular formula is C11H19NO2. The van der Waals surface area contributed by atoms with Crippen molar-refractivity contribution in [2.45, 2.75) is 38.6 Å². The Bertz CT molecular complexity index is 229. The molecule has 0 radical (unpaired) electrons. The summed E-state index contributed by atoms with van der Waals surface area (Å²) in [7, 11) is 0. The Labute approximate surface area is 85.1 Å². The lowest BCUT2D eigenvalue weighted by atomic mass is 9.93. The van der Waals surface area contributed by atoms with Crippen molar-refractivity contribution in [3.05, 3.63) is 0 Å². The Morgan fingerprint density at radius 3 is 2.71 bits per heavy atom. The summed E-state index contributed by atoms with van der Waals surface area (Å²) in [5.74, 6) is -0.237. The first kappa shape index (κ1) is 9.97. The SMILES string of the molecule is CC1CCN1CC1CCCC1C(=O)O. The van der Waals surface area contributed by atoms with Crippen LogP contribution < -0.4 is 0 Å². The van der Waals surface area contributed by atoms with Gasteiger partial charge < -0.3 is 10.0 Å². The minimum absolute atomic E-state index is 0.0669. The molecule has 0 aromatic heterocycles. The van der Waals surface area contributed by atoms with Crippen LogP contribution in [0.4, 0.5) is 0 Å². The van der Waals surface area contributed by atoms with E-state index in [1.165, 1.54) is 13.0 Å². The number of carbonyl (C=O) groups is 1. The van der Waals surface area contributed by atoms with Gasteiger partial charge in [0.2, 0.25) is 0 Å². The molecule has 1 aliphatic heterocycles. The zero-order valence-corrected chi connectivity index (χ0v) is 8.78. The Balaban J connectivity index is 1.87. The summed E-state index contributed by atoms with van der Waals surface area (Å²) in [6, 6.07) is 0.685. The second-order valence-corrected chi connectivity index (χ2v) is 4.77. The number of hydrogen-bond donors (Lipinski definition) is 1. The van der Waals surface area contributed by atoms with Crippen LogP contribution in [0.25, 0.3) is 0 Å². The molecule has 1 saturated carbocycles. The maximum absolute atomic E-state index is 11.0. The Hall–Kier alpha value is -0.570. The largest absolute Gasteiger partial charge is 0.481 e. The van der Waals surface area contributed by atoms with Crippen LogP contribution in [-0.4, -0.2) is 35.1 Å². The number of carboxylic acid groups (broad SMARTS) is 1. The van der Waals surface area contributed by atoms with Crippen molar-refractivity contribution in [2.24, 2.45) is 11.8 Å². The highest BCUT2D eigenvalue weighted by Gasteiger charge is 2.36. The molecule has 2 fully saturated rings. The van der Waals surface area contributed by atoms with Gasteiger partial charge in [0.15, 0.2) is 0 Å². The Kier molecular flexibility index (Phi) is 2.77. The predicted octanol–water partition coefficient (Wildman–Crippen LogP) is 1.58. The van der Waals surface area contributed by atoms with Crippen LogP contribution in [0.3, 0.4) is 0 Å². The molecule has 1 N–H and O–H groups in total. The fraction of sp³-hybridized carbons (Fsp3) is 0.909. The Morgan fingerprint density at radius 2 is 2.21 bits per heavy atom. The molecular weight excluding hydrogens is 178 g/mol. The third-order valence-corrected chi connectivity index (χ3v) is 3.90. The summed E-state index contributed by atoms with van der Waals surface area (Å²) in [5, 5.41) is 9.03. The van der Waals surface area contributed by atoms with Crippen LogP contribution in [0, 0.1) is 11.8 Å². The lowest BCUT2D eigenvalue weighted by molar-refractivity contribution is -0.143. The molecule has 0 bridgehead atoms. The molecule has 3 atom stereocenters. The van der Waals surface area contributed by atoms with E-state index in [1.54, 1.807) is 0 Å². The van der Waals surface area contributed by atoms with Gasteiger partial charge in [0, 0.05) is 12.6 Å². The minimum Gasteiger partial charge on any atom is -0.481 e. The number of carboxylic acids is 1. The number of aliphatic carboxylic acids is 1. The summed E-state index contributed by atoms with van der Waals surface area (Å²) in [5.41, 5.74) is 0. The molecule has 3 heteroatoms. The predicted molar refractivity (Wildman–Crippen MR) is 54.1 cm³/mol. The average Bonchev–Trinajstić information content (AvgIpc) is 2.59. The van der Waals surface area contributed by atoms with E-state index >= 15 is 0 Å². The van der Waals surface area contributed by atoms with Gasteiger partial charge in [-0.25, -0.2) is 0 Å². The molecule has 1 saturated heterocycles. The number of rotatable bonds is 3. The van der Waals surface area contributed by atoms with Gasteiger partial charge in [0.05, 0.1) is 5.92 Å². The van der Waals surface area contributed by atoms with E-state index in [9.17, 15) is 4.79 Å². The van der Waals surface area contributed by atoms with Crippen molar-refractivity contribution in [3.63, 3.8) is 0 Å². The van der Waals surface area contributed by atoms with Crippen molar-refractivity contribution in [3.8, 4) is 0 Å². The lowest BCUT2D eigenvalue weighted by Crippen LogP contribution is -2.48. The smallest absolute Gasteiger partial charge is 0.306 e. The van der Waals surface area contributed by atoms with E-state index in [0.717, 1.165) is 25.8 Å². The summed E-state index contributed by atoms with van der Waals surface area (Å²) < 4.78 is 0. The van der Waals surface area contributed by atoms with Crippen molar-refractivity contribution >= 4 is 5.97 Å². The molecule has 1 aliphatic carbocycles. The van der Waals surface area contributed by atoms with E-state index in [1.807, 2.05) is 0 Å². The monoisotopic (exact) mass is 197 g/mol. The minimum atomic E-state index is -0.583. The second kappa shape index (κ2) is 3.89. The van der Waals surface area contributed by atoms with Gasteiger partial charge in [0.1, 0.15) is 0 Å². The third kappa shape index (κ3) is 1.78. The topological polar surface area (TPSA) is 40.5 Å². The quantitative estimate of drug-likeness (QED) is 0.746. The van der Waals surface area contributed by atoms with Gasteiger partial charge in [-0.3, -0.25) is 4.79 Å². The van der Waals surface area contributed by atoms with Crippen molar-refractivity contribution in [2.75, 3.05) is 13.1 Å². The van der Waals surface area contributed by atoms with Gasteiger partial charge in [-0.1, -0.05) is 6.42 Å². The van der Waals surface area contributed by atoms with Gasteiger partial charge in [-0.05, 0) is 38.6 Å². The summed E-state index contributed by atoms with van der Waals surface area (Å²) >= 11 is 0. The van der Waals surface area contributed by atoms with Gasteiger partial charge in [-0.15, -0.1) is 0 Å². The van der Waals surface area contributed by atoms with E-state index in [2.05, 4.69) is 11.8 Å². The van der Waals surface area contributed by atoms with Crippen molar-refractivity contribution in [1.82, 2.24) is 4.90 Å². The average molecular weight is 197 g/mol. The van der Waals surface area contributed by atoms with Crippen LogP contribution >= 0.6 is 0 Å². The first-order valence-electron chi connectivity index (χ1n) is 5.65. The fourth-order valence-corrected chi connectivity index (χ4v) is 2.72. The second-order valence-electron chi connectivity index (χ2n) is 4.77. The molecule has 3 nitrogen and oxygen atoms in total. The molecule has 3 unspecified atom stereocenters. The first-order chi connectivity index (χ1) is 6.68. The van der Waals surface area contributed by atoms with Crippen molar-refractivity contribution < 1.29 is 9.90 Å². The van der Waals surface area contributed by atoms with Gasteiger partial charge >= 0.3 is 5.97 Å². The maximum atomic E-state index is 11.0. The van der Waals surface area contributed by atoms with Crippen LogP contribution in [0.5, 0.6) is 0 Å². The summed E-state index contributed by atoms with van der Waals surface area (Å²) in [4.78, 5) is 13.4. The van der Waals surface area contributed by atoms with Crippen LogP contribution in [0.1, 0.15) is 32.6 Å². The highest BCUT2D eigenvalue weighted by molar-refractivity contribution is 5.70. The first-order valence-corrected chi connectivity index (χ1v) is 5.65. The van der Waals surface area contributed by atoms with Crippen molar-refractivity contribution in [1.29, 1.82) is 0 Å². The molecule has 0 aromatic rings. The third-order valence-electron chi connectivity index (χ3n) is 3.90. The highest BCUT2D eigenvalue weighted by Crippen LogP contribution is 2.34. The molecule has 2 aliphatic rings. The van der Waals surface area contributed by atoms with Crippen LogP contribution in [0.15, 0.2) is 0 Å². The Morgan fingerprint density at radius 1 is 1.43 bits per heavy atom. The number of likely N-dealkylation sites (tertiary alicyclic amines) is 1. The summed E-state index contributed by atoms with van der Waals surface area (Å²) in [6.45, 7) is 4.41. The standard InChI is InChI=1S/C11H19NO2/c1-8-5-6-12(8)7-9-3-2-4-10(9)11(13)14/h8-10H,2-7H2,1H3,(H,13,14). The van der Waals surface area contributed by atoms with E-state index < -0.39 is 5.97 Å². The lowest BCUT2D eigenvalue weighted by Gasteiger charge is -2.40. The molecule has 0 spiro atoms. The fourth-order valence-electron chi connectivity index (χ4n) is 2.72. The molecule has 2 rings (SSSR count). The summed E-state index contributed by atoms with van der Waals surface area (Å²) in [6.07, 6.45) is 4.39. The zero-order chi connectivity index (χ0) is 10.1. The molecule has 14 heavy (non-hydrogen) atoms. The highest BCUT2D eigenvalue weighted by atomic mass is 16.4.